The summed E-state index contributed by atoms with van der Waals surface area (Å²) < 4.78 is 0. The fourth-order valence-corrected chi connectivity index (χ4v) is 2.77. The zero-order valence-electron chi connectivity index (χ0n) is 12.1. The van der Waals surface area contributed by atoms with Crippen LogP contribution in [0.2, 0.25) is 0 Å². The summed E-state index contributed by atoms with van der Waals surface area (Å²) in [5.41, 5.74) is 5.80. The molecule has 1 aliphatic rings. The lowest BCUT2D eigenvalue weighted by atomic mass is 9.84. The molecule has 122 valence electrons. The van der Waals surface area contributed by atoms with E-state index in [1.54, 1.807) is 0 Å². The number of halogens is 2. The SMILES string of the molecule is Cl.Cl.NCC(NC(=O)CCc1ncn[nH]1)C1CCCCC1. The Hall–Kier alpha value is -0.850. The van der Waals surface area contributed by atoms with Crippen molar-refractivity contribution in [3.63, 3.8) is 0 Å². The number of amides is 1. The van der Waals surface area contributed by atoms with Crippen molar-refractivity contribution >= 4 is 30.7 Å². The number of aryl methyl sites for hydroxylation is 1. The largest absolute Gasteiger partial charge is 0.352 e. The number of aromatic nitrogens is 3. The molecule has 0 spiro atoms. The van der Waals surface area contributed by atoms with Gasteiger partial charge in [0.2, 0.25) is 5.91 Å². The number of hydrogen-bond acceptors (Lipinski definition) is 4. The minimum absolute atomic E-state index is 0. The Morgan fingerprint density at radius 2 is 2.10 bits per heavy atom. The molecule has 0 aromatic carbocycles. The summed E-state index contributed by atoms with van der Waals surface area (Å²) in [6, 6.07) is 0.127. The first-order valence-corrected chi connectivity index (χ1v) is 7.13. The van der Waals surface area contributed by atoms with Crippen molar-refractivity contribution in [1.82, 2.24) is 20.5 Å². The first-order chi connectivity index (χ1) is 9.29. The van der Waals surface area contributed by atoms with Gasteiger partial charge in [0, 0.05) is 25.4 Å². The minimum atomic E-state index is 0. The molecule has 0 aliphatic heterocycles. The maximum Gasteiger partial charge on any atom is 0.220 e. The molecule has 0 saturated heterocycles. The van der Waals surface area contributed by atoms with E-state index in [0.29, 0.717) is 25.3 Å². The second-order valence-corrected chi connectivity index (χ2v) is 5.24. The molecule has 0 bridgehead atoms. The summed E-state index contributed by atoms with van der Waals surface area (Å²) in [5.74, 6) is 1.35. The normalized spacial score (nSPS) is 16.4. The van der Waals surface area contributed by atoms with Crippen LogP contribution in [-0.2, 0) is 11.2 Å². The Labute approximate surface area is 137 Å². The van der Waals surface area contributed by atoms with Gasteiger partial charge in [-0.1, -0.05) is 19.3 Å². The summed E-state index contributed by atoms with van der Waals surface area (Å²) in [5, 5.41) is 9.59. The Balaban J connectivity index is 0.00000200. The average molecular weight is 338 g/mol. The van der Waals surface area contributed by atoms with Gasteiger partial charge in [-0.15, -0.1) is 24.8 Å². The highest BCUT2D eigenvalue weighted by Gasteiger charge is 2.23. The van der Waals surface area contributed by atoms with E-state index in [1.165, 1.54) is 38.4 Å². The topological polar surface area (TPSA) is 96.7 Å². The Morgan fingerprint density at radius 3 is 2.67 bits per heavy atom. The van der Waals surface area contributed by atoms with E-state index in [-0.39, 0.29) is 36.8 Å². The van der Waals surface area contributed by atoms with E-state index in [2.05, 4.69) is 20.5 Å². The molecule has 1 heterocycles. The van der Waals surface area contributed by atoms with Crippen LogP contribution >= 0.6 is 24.8 Å². The summed E-state index contributed by atoms with van der Waals surface area (Å²) in [7, 11) is 0. The zero-order chi connectivity index (χ0) is 13.5. The van der Waals surface area contributed by atoms with Crippen LogP contribution in [0.1, 0.15) is 44.3 Å². The van der Waals surface area contributed by atoms with E-state index >= 15 is 0 Å². The van der Waals surface area contributed by atoms with Gasteiger partial charge in [0.1, 0.15) is 12.2 Å². The van der Waals surface area contributed by atoms with E-state index in [1.807, 2.05) is 0 Å². The molecule has 4 N–H and O–H groups in total. The Kier molecular flexibility index (Phi) is 10.4. The molecule has 1 fully saturated rings. The fourth-order valence-electron chi connectivity index (χ4n) is 2.77. The van der Waals surface area contributed by atoms with Crippen LogP contribution in [0.5, 0.6) is 0 Å². The number of carbonyl (C=O) groups excluding carboxylic acids is 1. The van der Waals surface area contributed by atoms with Gasteiger partial charge < -0.3 is 11.1 Å². The number of aromatic amines is 1. The van der Waals surface area contributed by atoms with Gasteiger partial charge in [-0.05, 0) is 18.8 Å². The van der Waals surface area contributed by atoms with Gasteiger partial charge in [0.25, 0.3) is 0 Å². The second kappa shape index (κ2) is 10.8. The molecule has 0 radical (unpaired) electrons. The summed E-state index contributed by atoms with van der Waals surface area (Å²) in [6.45, 7) is 0.527. The lowest BCUT2D eigenvalue weighted by molar-refractivity contribution is -0.122. The van der Waals surface area contributed by atoms with Crippen molar-refractivity contribution in [3.05, 3.63) is 12.2 Å². The highest BCUT2D eigenvalue weighted by Crippen LogP contribution is 2.26. The van der Waals surface area contributed by atoms with Crippen LogP contribution in [0, 0.1) is 5.92 Å². The molecule has 1 aromatic rings. The van der Waals surface area contributed by atoms with Crippen molar-refractivity contribution in [1.29, 1.82) is 0 Å². The number of H-pyrrole nitrogens is 1. The van der Waals surface area contributed by atoms with Gasteiger partial charge in [-0.2, -0.15) is 5.10 Å². The van der Waals surface area contributed by atoms with Crippen LogP contribution in [0.15, 0.2) is 6.33 Å². The molecule has 1 aliphatic carbocycles. The number of hydrogen-bond donors (Lipinski definition) is 3. The third-order valence-electron chi connectivity index (χ3n) is 3.87. The Morgan fingerprint density at radius 1 is 1.38 bits per heavy atom. The van der Waals surface area contributed by atoms with Crippen LogP contribution in [0.4, 0.5) is 0 Å². The maximum atomic E-state index is 11.9. The molecule has 1 aromatic heterocycles. The first-order valence-electron chi connectivity index (χ1n) is 7.13. The number of nitrogens with one attached hydrogen (secondary N) is 2. The van der Waals surface area contributed by atoms with Gasteiger partial charge in [-0.3, -0.25) is 9.89 Å². The molecule has 1 atom stereocenters. The predicted octanol–water partition coefficient (Wildman–Crippen LogP) is 1.60. The van der Waals surface area contributed by atoms with Crippen molar-refractivity contribution < 1.29 is 4.79 Å². The van der Waals surface area contributed by atoms with Crippen molar-refractivity contribution in [2.75, 3.05) is 6.54 Å². The third-order valence-corrected chi connectivity index (χ3v) is 3.87. The molecule has 1 saturated carbocycles. The van der Waals surface area contributed by atoms with Gasteiger partial charge in [0.05, 0.1) is 0 Å². The molecular weight excluding hydrogens is 313 g/mol. The van der Waals surface area contributed by atoms with Gasteiger partial charge >= 0.3 is 0 Å². The lowest BCUT2D eigenvalue weighted by Crippen LogP contribution is -2.46. The van der Waals surface area contributed by atoms with Crippen LogP contribution < -0.4 is 11.1 Å². The molecule has 6 nitrogen and oxygen atoms in total. The lowest BCUT2D eigenvalue weighted by Gasteiger charge is -2.30. The van der Waals surface area contributed by atoms with Gasteiger partial charge in [0.15, 0.2) is 0 Å². The number of rotatable bonds is 6. The predicted molar refractivity (Wildman–Crippen MR) is 86.8 cm³/mol. The fraction of sp³-hybridized carbons (Fsp3) is 0.769. The smallest absolute Gasteiger partial charge is 0.220 e. The summed E-state index contributed by atoms with van der Waals surface area (Å²) in [6.07, 6.45) is 8.68. The zero-order valence-corrected chi connectivity index (χ0v) is 13.7. The van der Waals surface area contributed by atoms with E-state index in [9.17, 15) is 4.79 Å². The highest BCUT2D eigenvalue weighted by molar-refractivity contribution is 5.85. The monoisotopic (exact) mass is 337 g/mol. The number of nitrogens with zero attached hydrogens (tertiary/aromatic N) is 2. The molecule has 2 rings (SSSR count). The molecule has 8 heteroatoms. The van der Waals surface area contributed by atoms with Crippen LogP contribution in [-0.4, -0.2) is 33.7 Å². The molecule has 1 amide bonds. The van der Waals surface area contributed by atoms with E-state index in [4.69, 9.17) is 5.73 Å². The number of carbonyl (C=O) groups is 1. The average Bonchev–Trinajstić information content (AvgIpc) is 2.97. The van der Waals surface area contributed by atoms with E-state index in [0.717, 1.165) is 5.82 Å². The maximum absolute atomic E-state index is 11.9. The summed E-state index contributed by atoms with van der Waals surface area (Å²) in [4.78, 5) is 15.9. The van der Waals surface area contributed by atoms with Crippen molar-refractivity contribution in [3.8, 4) is 0 Å². The minimum Gasteiger partial charge on any atom is -0.352 e. The first kappa shape index (κ1) is 20.1. The van der Waals surface area contributed by atoms with Crippen molar-refractivity contribution in [2.24, 2.45) is 11.7 Å². The highest BCUT2D eigenvalue weighted by atomic mass is 35.5. The second-order valence-electron chi connectivity index (χ2n) is 5.24. The van der Waals surface area contributed by atoms with E-state index < -0.39 is 0 Å². The van der Waals surface area contributed by atoms with Gasteiger partial charge in [-0.25, -0.2) is 4.98 Å². The third kappa shape index (κ3) is 6.63. The summed E-state index contributed by atoms with van der Waals surface area (Å²) >= 11 is 0. The quantitative estimate of drug-likeness (QED) is 0.734. The standard InChI is InChI=1S/C13H23N5O.2ClH/c14-8-11(10-4-2-1-3-5-10)17-13(19)7-6-12-15-9-16-18-12;;/h9-11H,1-8,14H2,(H,17,19)(H,15,16,18);2*1H. The van der Waals surface area contributed by atoms with Crippen LogP contribution in [0.25, 0.3) is 0 Å². The number of nitrogens with two attached hydrogens (primary N) is 1. The van der Waals surface area contributed by atoms with Crippen LogP contribution in [0.3, 0.4) is 0 Å². The Bertz CT molecular complexity index is 382. The van der Waals surface area contributed by atoms with Crippen molar-refractivity contribution in [2.45, 2.75) is 51.0 Å². The molecular formula is C13H25Cl2N5O. The molecule has 1 unspecified atom stereocenters. The molecule has 21 heavy (non-hydrogen) atoms.